The monoisotopic (exact) mass is 345 g/mol. The molecule has 0 unspecified atom stereocenters. The molecule has 0 fully saturated rings. The van der Waals surface area contributed by atoms with Gasteiger partial charge in [-0.05, 0) is 19.4 Å². The topological polar surface area (TPSA) is 49.0 Å². The van der Waals surface area contributed by atoms with Crippen LogP contribution in [0.1, 0.15) is 27.9 Å². The number of aromatic amines is 1. The first-order chi connectivity index (χ1) is 12.6. The molecule has 1 aliphatic heterocycles. The fourth-order valence-electron chi connectivity index (χ4n) is 3.77. The molecule has 0 saturated carbocycles. The molecule has 4 nitrogen and oxygen atoms in total. The van der Waals surface area contributed by atoms with Crippen LogP contribution in [-0.4, -0.2) is 21.4 Å². The zero-order chi connectivity index (χ0) is 18.1. The average Bonchev–Trinajstić information content (AvgIpc) is 2.62. The van der Waals surface area contributed by atoms with E-state index in [1.54, 1.807) is 0 Å². The van der Waals surface area contributed by atoms with Crippen LogP contribution in [0.15, 0.2) is 53.3 Å². The van der Waals surface area contributed by atoms with Crippen molar-refractivity contribution in [2.45, 2.75) is 33.4 Å². The molecule has 0 atom stereocenters. The van der Waals surface area contributed by atoms with Crippen molar-refractivity contribution in [3.8, 4) is 11.4 Å². The SMILES string of the molecule is Cc1cc(C)cc(CN2CCc3nc(-c4ccccc4)[nH]c(=O)c3C2)c1. The van der Waals surface area contributed by atoms with Gasteiger partial charge in [0.2, 0.25) is 0 Å². The van der Waals surface area contributed by atoms with Gasteiger partial charge in [0, 0.05) is 31.6 Å². The summed E-state index contributed by atoms with van der Waals surface area (Å²) >= 11 is 0. The van der Waals surface area contributed by atoms with Crippen molar-refractivity contribution in [3.63, 3.8) is 0 Å². The van der Waals surface area contributed by atoms with Crippen LogP contribution >= 0.6 is 0 Å². The highest BCUT2D eigenvalue weighted by Crippen LogP contribution is 2.20. The van der Waals surface area contributed by atoms with Gasteiger partial charge in [0.15, 0.2) is 0 Å². The number of hydrogen-bond donors (Lipinski definition) is 1. The van der Waals surface area contributed by atoms with E-state index in [4.69, 9.17) is 4.98 Å². The molecule has 0 radical (unpaired) electrons. The summed E-state index contributed by atoms with van der Waals surface area (Å²) in [6.45, 7) is 6.69. The third kappa shape index (κ3) is 3.46. The van der Waals surface area contributed by atoms with Gasteiger partial charge in [-0.3, -0.25) is 9.69 Å². The van der Waals surface area contributed by atoms with Gasteiger partial charge in [0.05, 0.1) is 11.3 Å². The Kier molecular flexibility index (Phi) is 4.43. The van der Waals surface area contributed by atoms with Crippen molar-refractivity contribution in [2.75, 3.05) is 6.54 Å². The Labute approximate surface area is 153 Å². The van der Waals surface area contributed by atoms with Crippen molar-refractivity contribution in [3.05, 3.63) is 86.8 Å². The molecule has 0 bridgehead atoms. The molecule has 0 amide bonds. The maximum atomic E-state index is 12.6. The highest BCUT2D eigenvalue weighted by Gasteiger charge is 2.21. The summed E-state index contributed by atoms with van der Waals surface area (Å²) in [5.41, 5.74) is 6.54. The molecule has 1 aromatic heterocycles. The predicted molar refractivity (Wildman–Crippen MR) is 104 cm³/mol. The maximum absolute atomic E-state index is 12.6. The van der Waals surface area contributed by atoms with Crippen molar-refractivity contribution in [2.24, 2.45) is 0 Å². The number of H-pyrrole nitrogens is 1. The number of benzene rings is 2. The summed E-state index contributed by atoms with van der Waals surface area (Å²) in [4.78, 5) is 22.7. The summed E-state index contributed by atoms with van der Waals surface area (Å²) in [6.07, 6.45) is 0.809. The maximum Gasteiger partial charge on any atom is 0.255 e. The molecule has 1 N–H and O–H groups in total. The summed E-state index contributed by atoms with van der Waals surface area (Å²) in [5.74, 6) is 0.664. The van der Waals surface area contributed by atoms with Gasteiger partial charge < -0.3 is 4.98 Å². The average molecular weight is 345 g/mol. The minimum atomic E-state index is -0.0148. The van der Waals surface area contributed by atoms with Gasteiger partial charge in [-0.1, -0.05) is 59.7 Å². The quantitative estimate of drug-likeness (QED) is 0.789. The molecule has 4 heteroatoms. The number of rotatable bonds is 3. The van der Waals surface area contributed by atoms with E-state index >= 15 is 0 Å². The Balaban J connectivity index is 1.58. The lowest BCUT2D eigenvalue weighted by Crippen LogP contribution is -2.35. The van der Waals surface area contributed by atoms with Crippen LogP contribution < -0.4 is 5.56 Å². The molecular formula is C22H23N3O. The van der Waals surface area contributed by atoms with E-state index in [1.807, 2.05) is 30.3 Å². The lowest BCUT2D eigenvalue weighted by Gasteiger charge is -2.28. The fourth-order valence-corrected chi connectivity index (χ4v) is 3.77. The molecule has 26 heavy (non-hydrogen) atoms. The second kappa shape index (κ2) is 6.89. The van der Waals surface area contributed by atoms with E-state index in [9.17, 15) is 4.79 Å². The molecule has 4 rings (SSSR count). The van der Waals surface area contributed by atoms with Gasteiger partial charge in [0.1, 0.15) is 5.82 Å². The molecule has 0 aliphatic carbocycles. The second-order valence-corrected chi connectivity index (χ2v) is 7.16. The molecular weight excluding hydrogens is 322 g/mol. The second-order valence-electron chi connectivity index (χ2n) is 7.16. The summed E-state index contributed by atoms with van der Waals surface area (Å²) in [6, 6.07) is 16.5. The van der Waals surface area contributed by atoms with Crippen LogP contribution in [0.5, 0.6) is 0 Å². The molecule has 0 saturated heterocycles. The predicted octanol–water partition coefficient (Wildman–Crippen LogP) is 3.61. The van der Waals surface area contributed by atoms with Crippen LogP contribution in [0.2, 0.25) is 0 Å². The number of fused-ring (bicyclic) bond motifs is 1. The van der Waals surface area contributed by atoms with Crippen molar-refractivity contribution in [1.29, 1.82) is 0 Å². The molecule has 1 aliphatic rings. The molecule has 3 aromatic rings. The lowest BCUT2D eigenvalue weighted by molar-refractivity contribution is 0.242. The Bertz CT molecular complexity index is 972. The van der Waals surface area contributed by atoms with E-state index in [0.29, 0.717) is 12.4 Å². The Morgan fingerprint density at radius 1 is 1.08 bits per heavy atom. The van der Waals surface area contributed by atoms with E-state index < -0.39 is 0 Å². The summed E-state index contributed by atoms with van der Waals surface area (Å²) in [5, 5.41) is 0. The Hall–Kier alpha value is -2.72. The molecule has 2 aromatic carbocycles. The number of nitrogens with one attached hydrogen (secondary N) is 1. The van der Waals surface area contributed by atoms with Crippen LogP contribution in [0.25, 0.3) is 11.4 Å². The fraction of sp³-hybridized carbons (Fsp3) is 0.273. The highest BCUT2D eigenvalue weighted by atomic mass is 16.1. The Morgan fingerprint density at radius 3 is 2.54 bits per heavy atom. The van der Waals surface area contributed by atoms with Gasteiger partial charge >= 0.3 is 0 Å². The van der Waals surface area contributed by atoms with E-state index in [2.05, 4.69) is 41.9 Å². The van der Waals surface area contributed by atoms with Crippen molar-refractivity contribution < 1.29 is 0 Å². The number of aromatic nitrogens is 2. The van der Waals surface area contributed by atoms with Crippen LogP contribution in [0.4, 0.5) is 0 Å². The summed E-state index contributed by atoms with van der Waals surface area (Å²) < 4.78 is 0. The van der Waals surface area contributed by atoms with Crippen LogP contribution in [0.3, 0.4) is 0 Å². The number of hydrogen-bond acceptors (Lipinski definition) is 3. The van der Waals surface area contributed by atoms with Crippen molar-refractivity contribution >= 4 is 0 Å². The minimum Gasteiger partial charge on any atom is -0.306 e. The lowest BCUT2D eigenvalue weighted by atomic mass is 10.0. The first-order valence-corrected chi connectivity index (χ1v) is 9.05. The van der Waals surface area contributed by atoms with Crippen LogP contribution in [0, 0.1) is 13.8 Å². The third-order valence-electron chi connectivity index (χ3n) is 4.88. The normalized spacial score (nSPS) is 14.2. The number of aryl methyl sites for hydroxylation is 2. The van der Waals surface area contributed by atoms with E-state index in [1.165, 1.54) is 16.7 Å². The van der Waals surface area contributed by atoms with Crippen LogP contribution in [-0.2, 0) is 19.5 Å². The first kappa shape index (κ1) is 16.7. The van der Waals surface area contributed by atoms with Gasteiger partial charge in [-0.25, -0.2) is 4.98 Å². The molecule has 132 valence electrons. The highest BCUT2D eigenvalue weighted by molar-refractivity contribution is 5.54. The number of nitrogens with zero attached hydrogens (tertiary/aromatic N) is 2. The molecule has 2 heterocycles. The smallest absolute Gasteiger partial charge is 0.255 e. The molecule has 0 spiro atoms. The largest absolute Gasteiger partial charge is 0.306 e. The Morgan fingerprint density at radius 2 is 1.81 bits per heavy atom. The third-order valence-corrected chi connectivity index (χ3v) is 4.88. The van der Waals surface area contributed by atoms with Gasteiger partial charge in [-0.15, -0.1) is 0 Å². The van der Waals surface area contributed by atoms with E-state index in [0.717, 1.165) is 36.3 Å². The zero-order valence-electron chi connectivity index (χ0n) is 15.2. The standard InChI is InChI=1S/C22H23N3O/c1-15-10-16(2)12-17(11-15)13-25-9-8-20-19(14-25)22(26)24-21(23-20)18-6-4-3-5-7-18/h3-7,10-12H,8-9,13-14H2,1-2H3,(H,23,24,26). The summed E-state index contributed by atoms with van der Waals surface area (Å²) in [7, 11) is 0. The van der Waals surface area contributed by atoms with Gasteiger partial charge in [-0.2, -0.15) is 0 Å². The van der Waals surface area contributed by atoms with Gasteiger partial charge in [0.25, 0.3) is 5.56 Å². The zero-order valence-corrected chi connectivity index (χ0v) is 15.2. The van der Waals surface area contributed by atoms with Crippen molar-refractivity contribution in [1.82, 2.24) is 14.9 Å². The first-order valence-electron chi connectivity index (χ1n) is 9.05. The van der Waals surface area contributed by atoms with E-state index in [-0.39, 0.29) is 5.56 Å². The minimum absolute atomic E-state index is 0.0148.